The predicted octanol–water partition coefficient (Wildman–Crippen LogP) is 5.30. The Kier molecular flexibility index (Phi) is 5.99. The third kappa shape index (κ3) is 4.63. The first-order valence-corrected chi connectivity index (χ1v) is 11.1. The summed E-state index contributed by atoms with van der Waals surface area (Å²) in [5, 5.41) is 7.42. The van der Waals surface area contributed by atoms with Crippen molar-refractivity contribution in [1.82, 2.24) is 19.5 Å². The predicted molar refractivity (Wildman–Crippen MR) is 120 cm³/mol. The Hall–Kier alpha value is -3.40. The van der Waals surface area contributed by atoms with Crippen LogP contribution in [0.25, 0.3) is 17.0 Å². The maximum absolute atomic E-state index is 13.2. The third-order valence-corrected chi connectivity index (χ3v) is 5.97. The van der Waals surface area contributed by atoms with Crippen molar-refractivity contribution in [3.63, 3.8) is 0 Å². The van der Waals surface area contributed by atoms with Crippen LogP contribution >= 0.6 is 0 Å². The standard InChI is InChI=1S/C24H24F3N5O2/c1-15-2-4-17(22-30-23(34-31-22)18-9-24(26,27)10-18)8-20(15)28-11-19-12-29-21-5-3-16(13-32(19)21)14-33-7-6-25/h2-5,8,12-13,18,28H,6-7,9-11,14H2,1H3. The fourth-order valence-electron chi connectivity index (χ4n) is 4.03. The van der Waals surface area contributed by atoms with E-state index in [1.807, 2.05) is 47.9 Å². The lowest BCUT2D eigenvalue weighted by molar-refractivity contribution is -0.0925. The van der Waals surface area contributed by atoms with Crippen LogP contribution in [0.4, 0.5) is 18.9 Å². The highest BCUT2D eigenvalue weighted by Gasteiger charge is 2.48. The molecule has 1 aliphatic rings. The number of nitrogens with one attached hydrogen (secondary N) is 1. The third-order valence-electron chi connectivity index (χ3n) is 5.97. The van der Waals surface area contributed by atoms with Gasteiger partial charge in [-0.15, -0.1) is 0 Å². The van der Waals surface area contributed by atoms with Gasteiger partial charge in [-0.2, -0.15) is 4.98 Å². The van der Waals surface area contributed by atoms with E-state index in [2.05, 4.69) is 20.4 Å². The van der Waals surface area contributed by atoms with Gasteiger partial charge in [0.05, 0.1) is 31.6 Å². The zero-order valence-corrected chi connectivity index (χ0v) is 18.6. The largest absolute Gasteiger partial charge is 0.379 e. The van der Waals surface area contributed by atoms with Gasteiger partial charge in [-0.1, -0.05) is 23.4 Å². The molecule has 178 valence electrons. The number of imidazole rings is 1. The second-order valence-corrected chi connectivity index (χ2v) is 8.56. The van der Waals surface area contributed by atoms with Crippen LogP contribution in [0.3, 0.4) is 0 Å². The molecule has 0 spiro atoms. The number of ether oxygens (including phenoxy) is 1. The molecule has 1 fully saturated rings. The molecule has 1 aliphatic carbocycles. The molecule has 4 aromatic rings. The fraction of sp³-hybridized carbons (Fsp3) is 0.375. The van der Waals surface area contributed by atoms with E-state index in [0.717, 1.165) is 33.7 Å². The Bertz CT molecular complexity index is 1300. The van der Waals surface area contributed by atoms with Gasteiger partial charge in [-0.25, -0.2) is 18.2 Å². The minimum atomic E-state index is -2.64. The number of halogens is 3. The van der Waals surface area contributed by atoms with Crippen molar-refractivity contribution in [1.29, 1.82) is 0 Å². The van der Waals surface area contributed by atoms with E-state index in [9.17, 15) is 13.2 Å². The van der Waals surface area contributed by atoms with Crippen molar-refractivity contribution in [3.05, 3.63) is 65.4 Å². The Morgan fingerprint density at radius 2 is 2.09 bits per heavy atom. The molecule has 0 bridgehead atoms. The van der Waals surface area contributed by atoms with E-state index in [-0.39, 0.29) is 31.3 Å². The van der Waals surface area contributed by atoms with Gasteiger partial charge < -0.3 is 19.0 Å². The minimum absolute atomic E-state index is 0.0704. The smallest absolute Gasteiger partial charge is 0.249 e. The molecule has 5 rings (SSSR count). The van der Waals surface area contributed by atoms with Gasteiger partial charge in [-0.3, -0.25) is 0 Å². The zero-order valence-electron chi connectivity index (χ0n) is 18.6. The maximum atomic E-state index is 13.2. The summed E-state index contributed by atoms with van der Waals surface area (Å²) < 4.78 is 51.1. The van der Waals surface area contributed by atoms with Gasteiger partial charge in [0, 0.05) is 36.2 Å². The molecule has 1 N–H and O–H groups in total. The molecule has 1 saturated carbocycles. The van der Waals surface area contributed by atoms with Crippen LogP contribution in [0.1, 0.15) is 41.5 Å². The van der Waals surface area contributed by atoms with Gasteiger partial charge in [0.15, 0.2) is 0 Å². The molecular formula is C24H24F3N5O2. The van der Waals surface area contributed by atoms with Gasteiger partial charge in [0.2, 0.25) is 17.6 Å². The van der Waals surface area contributed by atoms with Crippen molar-refractivity contribution in [2.24, 2.45) is 0 Å². The Morgan fingerprint density at radius 3 is 2.88 bits per heavy atom. The molecule has 0 saturated heterocycles. The summed E-state index contributed by atoms with van der Waals surface area (Å²) in [4.78, 5) is 8.78. The van der Waals surface area contributed by atoms with E-state index in [4.69, 9.17) is 9.26 Å². The van der Waals surface area contributed by atoms with E-state index >= 15 is 0 Å². The summed E-state index contributed by atoms with van der Waals surface area (Å²) in [7, 11) is 0. The van der Waals surface area contributed by atoms with E-state index in [0.29, 0.717) is 19.0 Å². The number of fused-ring (bicyclic) bond motifs is 1. The van der Waals surface area contributed by atoms with Crippen molar-refractivity contribution in [3.8, 4) is 11.4 Å². The second kappa shape index (κ2) is 9.09. The average molecular weight is 471 g/mol. The molecule has 0 radical (unpaired) electrons. The first-order chi connectivity index (χ1) is 16.4. The average Bonchev–Trinajstić information content (AvgIpc) is 3.44. The first-order valence-electron chi connectivity index (χ1n) is 11.1. The Morgan fingerprint density at radius 1 is 1.24 bits per heavy atom. The molecule has 0 atom stereocenters. The normalized spacial score (nSPS) is 15.5. The number of aromatic nitrogens is 4. The van der Waals surface area contributed by atoms with Gasteiger partial charge in [0.1, 0.15) is 12.3 Å². The molecule has 3 heterocycles. The SMILES string of the molecule is Cc1ccc(-c2noc(C3CC(F)(F)C3)n2)cc1NCc1cnc2ccc(COCCF)cn12. The van der Waals surface area contributed by atoms with Crippen LogP contribution in [-0.4, -0.2) is 38.7 Å². The van der Waals surface area contributed by atoms with Crippen molar-refractivity contribution >= 4 is 11.3 Å². The van der Waals surface area contributed by atoms with Crippen molar-refractivity contribution < 1.29 is 22.4 Å². The first kappa shape index (κ1) is 22.4. The molecule has 3 aromatic heterocycles. The van der Waals surface area contributed by atoms with Crippen LogP contribution < -0.4 is 5.32 Å². The van der Waals surface area contributed by atoms with Crippen LogP contribution in [-0.2, 0) is 17.9 Å². The fourth-order valence-corrected chi connectivity index (χ4v) is 4.03. The van der Waals surface area contributed by atoms with Crippen LogP contribution in [0, 0.1) is 6.92 Å². The van der Waals surface area contributed by atoms with Gasteiger partial charge in [-0.05, 0) is 30.2 Å². The minimum Gasteiger partial charge on any atom is -0.379 e. The zero-order chi connectivity index (χ0) is 23.7. The second-order valence-electron chi connectivity index (χ2n) is 8.56. The van der Waals surface area contributed by atoms with Gasteiger partial charge >= 0.3 is 0 Å². The number of aryl methyl sites for hydroxylation is 1. The molecule has 34 heavy (non-hydrogen) atoms. The molecule has 1 aromatic carbocycles. The number of hydrogen-bond acceptors (Lipinski definition) is 6. The number of hydrogen-bond donors (Lipinski definition) is 1. The maximum Gasteiger partial charge on any atom is 0.249 e. The lowest BCUT2D eigenvalue weighted by Crippen LogP contribution is -2.33. The lowest BCUT2D eigenvalue weighted by atomic mass is 9.81. The van der Waals surface area contributed by atoms with Crippen molar-refractivity contribution in [2.45, 2.75) is 44.8 Å². The summed E-state index contributed by atoms with van der Waals surface area (Å²) in [5.74, 6) is -2.39. The molecular weight excluding hydrogens is 447 g/mol. The Balaban J connectivity index is 1.30. The topological polar surface area (TPSA) is 77.5 Å². The highest BCUT2D eigenvalue weighted by Crippen LogP contribution is 2.47. The molecule has 7 nitrogen and oxygen atoms in total. The summed E-state index contributed by atoms with van der Waals surface area (Å²) in [6.07, 6.45) is 3.23. The Labute approximate surface area is 194 Å². The number of pyridine rings is 1. The number of benzene rings is 1. The summed E-state index contributed by atoms with van der Waals surface area (Å²) >= 11 is 0. The van der Waals surface area contributed by atoms with Crippen LogP contribution in [0.5, 0.6) is 0 Å². The highest BCUT2D eigenvalue weighted by molar-refractivity contribution is 5.65. The van der Waals surface area contributed by atoms with E-state index in [1.165, 1.54) is 0 Å². The quantitative estimate of drug-likeness (QED) is 0.334. The van der Waals surface area contributed by atoms with E-state index < -0.39 is 12.6 Å². The summed E-state index contributed by atoms with van der Waals surface area (Å²) in [6.45, 7) is 2.38. The molecule has 0 unspecified atom stereocenters. The highest BCUT2D eigenvalue weighted by atomic mass is 19.3. The number of anilines is 1. The summed E-state index contributed by atoms with van der Waals surface area (Å²) in [6, 6.07) is 9.55. The summed E-state index contributed by atoms with van der Waals surface area (Å²) in [5.41, 5.74) is 5.32. The number of rotatable bonds is 9. The van der Waals surface area contributed by atoms with Crippen LogP contribution in [0.15, 0.2) is 47.2 Å². The van der Waals surface area contributed by atoms with E-state index in [1.54, 1.807) is 6.20 Å². The van der Waals surface area contributed by atoms with Crippen molar-refractivity contribution in [2.75, 3.05) is 18.6 Å². The van der Waals surface area contributed by atoms with Crippen LogP contribution in [0.2, 0.25) is 0 Å². The van der Waals surface area contributed by atoms with Gasteiger partial charge in [0.25, 0.3) is 0 Å². The molecule has 0 aliphatic heterocycles. The lowest BCUT2D eigenvalue weighted by Gasteiger charge is -2.31. The molecule has 0 amide bonds. The molecule has 10 heteroatoms. The number of alkyl halides is 3. The number of nitrogens with zero attached hydrogens (tertiary/aromatic N) is 4. The monoisotopic (exact) mass is 471 g/mol.